The average Bonchev–Trinajstić information content (AvgIpc) is 2.83. The Labute approximate surface area is 122 Å². The Hall–Kier alpha value is -0.960. The van der Waals surface area contributed by atoms with Crippen LogP contribution in [0.3, 0.4) is 0 Å². The highest BCUT2D eigenvalue weighted by molar-refractivity contribution is 9.10. The topological polar surface area (TPSA) is 72.2 Å². The number of nitrogens with two attached hydrogens (primary N) is 1. The Balaban J connectivity index is 2.33. The Morgan fingerprint density at radius 3 is 2.74 bits per heavy atom. The molecule has 0 aliphatic heterocycles. The molecule has 19 heavy (non-hydrogen) atoms. The average molecular weight is 365 g/mol. The van der Waals surface area contributed by atoms with Gasteiger partial charge in [0.15, 0.2) is 0 Å². The number of thiophene rings is 1. The van der Waals surface area contributed by atoms with Crippen molar-refractivity contribution >= 4 is 43.0 Å². The van der Waals surface area contributed by atoms with Gasteiger partial charge in [0.25, 0.3) is 10.0 Å². The van der Waals surface area contributed by atoms with Crippen molar-refractivity contribution in [1.29, 1.82) is 0 Å². The Morgan fingerprint density at radius 1 is 1.37 bits per heavy atom. The zero-order valence-corrected chi connectivity index (χ0v) is 12.8. The lowest BCUT2D eigenvalue weighted by Crippen LogP contribution is -2.12. The molecule has 3 N–H and O–H groups in total. The molecule has 0 spiro atoms. The molecule has 1 aromatic heterocycles. The molecule has 0 unspecified atom stereocenters. The van der Waals surface area contributed by atoms with Crippen LogP contribution >= 0.6 is 27.3 Å². The summed E-state index contributed by atoms with van der Waals surface area (Å²) in [7, 11) is -3.79. The molecule has 0 aliphatic rings. The normalized spacial score (nSPS) is 11.5. The first kappa shape index (κ1) is 14.4. The van der Waals surface area contributed by atoms with E-state index in [2.05, 4.69) is 20.7 Å². The molecule has 1 aromatic carbocycles. The molecule has 0 bridgehead atoms. The molecule has 102 valence electrons. The van der Waals surface area contributed by atoms with Crippen LogP contribution in [0.25, 0.3) is 0 Å². The third-order valence-electron chi connectivity index (χ3n) is 2.30. The molecule has 1 heterocycles. The summed E-state index contributed by atoms with van der Waals surface area (Å²) in [6.45, 7) is 0.261. The molecule has 2 aromatic rings. The second-order valence-corrected chi connectivity index (χ2v) is 7.44. The van der Waals surface area contributed by atoms with Crippen LogP contribution in [0.4, 0.5) is 10.1 Å². The van der Waals surface area contributed by atoms with Gasteiger partial charge in [0.05, 0.1) is 5.69 Å². The van der Waals surface area contributed by atoms with E-state index in [1.807, 2.05) is 0 Å². The second-order valence-electron chi connectivity index (χ2n) is 3.71. The van der Waals surface area contributed by atoms with E-state index in [0.29, 0.717) is 4.47 Å². The van der Waals surface area contributed by atoms with Crippen LogP contribution in [-0.2, 0) is 16.6 Å². The monoisotopic (exact) mass is 364 g/mol. The Kier molecular flexibility index (Phi) is 4.24. The van der Waals surface area contributed by atoms with Gasteiger partial charge in [-0.1, -0.05) is 15.9 Å². The highest BCUT2D eigenvalue weighted by Crippen LogP contribution is 2.26. The van der Waals surface area contributed by atoms with Gasteiger partial charge in [0.2, 0.25) is 0 Å². The SMILES string of the molecule is NCc1csc(S(=O)(=O)Nc2cc(Br)ccc2F)c1. The summed E-state index contributed by atoms with van der Waals surface area (Å²) < 4.78 is 40.6. The van der Waals surface area contributed by atoms with Crippen LogP contribution in [0, 0.1) is 5.82 Å². The highest BCUT2D eigenvalue weighted by Gasteiger charge is 2.18. The Bertz CT molecular complexity index is 700. The first-order chi connectivity index (χ1) is 8.92. The van der Waals surface area contributed by atoms with Gasteiger partial charge < -0.3 is 5.73 Å². The molecular formula is C11H10BrFN2O2S2. The van der Waals surface area contributed by atoms with Crippen molar-refractivity contribution in [3.05, 3.63) is 45.5 Å². The molecule has 2 rings (SSSR count). The summed E-state index contributed by atoms with van der Waals surface area (Å²) in [6, 6.07) is 5.51. The molecule has 0 saturated heterocycles. The number of hydrogen-bond acceptors (Lipinski definition) is 4. The lowest BCUT2D eigenvalue weighted by molar-refractivity contribution is 0.600. The third-order valence-corrected chi connectivity index (χ3v) is 5.65. The van der Waals surface area contributed by atoms with E-state index in [4.69, 9.17) is 5.73 Å². The van der Waals surface area contributed by atoms with Crippen molar-refractivity contribution in [2.45, 2.75) is 10.8 Å². The fraction of sp³-hybridized carbons (Fsp3) is 0.0909. The number of hydrogen-bond donors (Lipinski definition) is 2. The predicted octanol–water partition coefficient (Wildman–Crippen LogP) is 2.91. The summed E-state index contributed by atoms with van der Waals surface area (Å²) in [5, 5.41) is 1.66. The van der Waals surface area contributed by atoms with Crippen molar-refractivity contribution < 1.29 is 12.8 Å². The minimum atomic E-state index is -3.79. The van der Waals surface area contributed by atoms with E-state index < -0.39 is 15.8 Å². The molecule has 0 fully saturated rings. The summed E-state index contributed by atoms with van der Waals surface area (Å²) in [5.74, 6) is -0.637. The van der Waals surface area contributed by atoms with Crippen LogP contribution in [0.1, 0.15) is 5.56 Å². The van der Waals surface area contributed by atoms with Gasteiger partial charge in [0, 0.05) is 11.0 Å². The van der Waals surface area contributed by atoms with Crippen LogP contribution in [0.5, 0.6) is 0 Å². The van der Waals surface area contributed by atoms with Gasteiger partial charge in [-0.25, -0.2) is 12.8 Å². The number of anilines is 1. The highest BCUT2D eigenvalue weighted by atomic mass is 79.9. The van der Waals surface area contributed by atoms with Crippen molar-refractivity contribution in [3.63, 3.8) is 0 Å². The van der Waals surface area contributed by atoms with Crippen molar-refractivity contribution in [2.75, 3.05) is 4.72 Å². The number of benzene rings is 1. The summed E-state index contributed by atoms with van der Waals surface area (Å²) >= 11 is 4.21. The number of nitrogens with one attached hydrogen (secondary N) is 1. The maximum atomic E-state index is 13.5. The zero-order valence-electron chi connectivity index (χ0n) is 9.56. The molecule has 4 nitrogen and oxygen atoms in total. The summed E-state index contributed by atoms with van der Waals surface area (Å²) in [5.41, 5.74) is 6.05. The van der Waals surface area contributed by atoms with Crippen LogP contribution < -0.4 is 10.5 Å². The van der Waals surface area contributed by atoms with E-state index >= 15 is 0 Å². The van der Waals surface area contributed by atoms with Gasteiger partial charge >= 0.3 is 0 Å². The predicted molar refractivity (Wildman–Crippen MR) is 77.1 cm³/mol. The third kappa shape index (κ3) is 3.33. The molecule has 0 amide bonds. The van der Waals surface area contributed by atoms with E-state index in [-0.39, 0.29) is 16.4 Å². The Morgan fingerprint density at radius 2 is 2.11 bits per heavy atom. The van der Waals surface area contributed by atoms with Gasteiger partial charge in [-0.2, -0.15) is 0 Å². The van der Waals surface area contributed by atoms with E-state index in [9.17, 15) is 12.8 Å². The molecule has 0 atom stereocenters. The van der Waals surface area contributed by atoms with Crippen molar-refractivity contribution in [2.24, 2.45) is 5.73 Å². The van der Waals surface area contributed by atoms with Crippen LogP contribution in [0.2, 0.25) is 0 Å². The fourth-order valence-corrected chi connectivity index (χ4v) is 4.01. The van der Waals surface area contributed by atoms with E-state index in [1.54, 1.807) is 5.38 Å². The smallest absolute Gasteiger partial charge is 0.271 e. The first-order valence-corrected chi connectivity index (χ1v) is 8.33. The molecule has 0 radical (unpaired) electrons. The quantitative estimate of drug-likeness (QED) is 0.875. The minimum absolute atomic E-state index is 0.0999. The number of rotatable bonds is 4. The fourth-order valence-electron chi connectivity index (χ4n) is 1.37. The molecule has 0 saturated carbocycles. The van der Waals surface area contributed by atoms with E-state index in [0.717, 1.165) is 16.9 Å². The summed E-state index contributed by atoms with van der Waals surface area (Å²) in [4.78, 5) is 0. The van der Waals surface area contributed by atoms with Crippen molar-refractivity contribution in [1.82, 2.24) is 0 Å². The maximum Gasteiger partial charge on any atom is 0.271 e. The lowest BCUT2D eigenvalue weighted by atomic mass is 10.3. The summed E-state index contributed by atoms with van der Waals surface area (Å²) in [6.07, 6.45) is 0. The zero-order chi connectivity index (χ0) is 14.0. The van der Waals surface area contributed by atoms with Crippen molar-refractivity contribution in [3.8, 4) is 0 Å². The second kappa shape index (κ2) is 5.58. The van der Waals surface area contributed by atoms with Gasteiger partial charge in [-0.05, 0) is 35.2 Å². The minimum Gasteiger partial charge on any atom is -0.326 e. The molecule has 0 aliphatic carbocycles. The van der Waals surface area contributed by atoms with Gasteiger partial charge in [0.1, 0.15) is 10.0 Å². The maximum absolute atomic E-state index is 13.5. The largest absolute Gasteiger partial charge is 0.326 e. The molecular weight excluding hydrogens is 355 g/mol. The van der Waals surface area contributed by atoms with E-state index in [1.165, 1.54) is 24.3 Å². The number of halogens is 2. The van der Waals surface area contributed by atoms with Gasteiger partial charge in [-0.3, -0.25) is 4.72 Å². The first-order valence-electron chi connectivity index (χ1n) is 5.18. The standard InChI is InChI=1S/C11H10BrFN2O2S2/c12-8-1-2-9(13)10(4-8)15-19(16,17)11-3-7(5-14)6-18-11/h1-4,6,15H,5,14H2. The lowest BCUT2D eigenvalue weighted by Gasteiger charge is -2.07. The van der Waals surface area contributed by atoms with Crippen LogP contribution in [-0.4, -0.2) is 8.42 Å². The number of sulfonamides is 1. The van der Waals surface area contributed by atoms with Crippen LogP contribution in [0.15, 0.2) is 38.3 Å². The van der Waals surface area contributed by atoms with Gasteiger partial charge in [-0.15, -0.1) is 11.3 Å². The molecule has 8 heteroatoms.